The van der Waals surface area contributed by atoms with E-state index < -0.39 is 41.1 Å². The van der Waals surface area contributed by atoms with Gasteiger partial charge in [0.1, 0.15) is 5.15 Å². The van der Waals surface area contributed by atoms with Crippen LogP contribution in [0.15, 0.2) is 60.9 Å². The lowest BCUT2D eigenvalue weighted by molar-refractivity contribution is -0.139. The molecule has 2 heterocycles. The second kappa shape index (κ2) is 8.54. The van der Waals surface area contributed by atoms with Crippen LogP contribution in [0.4, 0.5) is 26.3 Å². The molecule has 4 nitrogen and oxygen atoms in total. The van der Waals surface area contributed by atoms with Crippen molar-refractivity contribution < 1.29 is 31.1 Å². The zero-order valence-electron chi connectivity index (χ0n) is 15.3. The molecule has 0 bridgehead atoms. The number of nitrogens with zero attached hydrogens (tertiary/aromatic N) is 2. The third-order valence-electron chi connectivity index (χ3n) is 4.25. The molecule has 0 saturated carbocycles. The highest BCUT2D eigenvalue weighted by Gasteiger charge is 2.37. The Morgan fingerprint density at radius 1 is 0.903 bits per heavy atom. The zero-order valence-corrected chi connectivity index (χ0v) is 16.1. The summed E-state index contributed by atoms with van der Waals surface area (Å²) in [5.74, 6) is -0.812. The first-order chi connectivity index (χ1) is 14.5. The summed E-state index contributed by atoms with van der Waals surface area (Å²) in [5.41, 5.74) is -2.71. The van der Waals surface area contributed by atoms with Gasteiger partial charge in [-0.3, -0.25) is 9.78 Å². The Kier molecular flexibility index (Phi) is 6.21. The lowest BCUT2D eigenvalue weighted by atomic mass is 9.97. The summed E-state index contributed by atoms with van der Waals surface area (Å²) in [6.07, 6.45) is -7.23. The van der Waals surface area contributed by atoms with Crippen LogP contribution < -0.4 is 5.32 Å². The van der Waals surface area contributed by atoms with E-state index in [0.29, 0.717) is 12.1 Å². The molecule has 0 spiro atoms. The second-order valence-corrected chi connectivity index (χ2v) is 6.72. The molecule has 3 aromatic rings. The van der Waals surface area contributed by atoms with E-state index in [1.165, 1.54) is 12.1 Å². The lowest BCUT2D eigenvalue weighted by Gasteiger charge is -2.23. The van der Waals surface area contributed by atoms with Gasteiger partial charge in [-0.2, -0.15) is 26.3 Å². The quantitative estimate of drug-likeness (QED) is 0.403. The van der Waals surface area contributed by atoms with Gasteiger partial charge in [-0.25, -0.2) is 4.98 Å². The third-order valence-corrected chi connectivity index (χ3v) is 4.48. The maximum absolute atomic E-state index is 13.5. The predicted molar refractivity (Wildman–Crippen MR) is 99.2 cm³/mol. The molecule has 162 valence electrons. The summed E-state index contributed by atoms with van der Waals surface area (Å²) in [4.78, 5) is 20.1. The van der Waals surface area contributed by atoms with Gasteiger partial charge in [-0.15, -0.1) is 0 Å². The Labute approximate surface area is 176 Å². The highest BCUT2D eigenvalue weighted by atomic mass is 35.5. The van der Waals surface area contributed by atoms with E-state index in [0.717, 1.165) is 36.7 Å². The van der Waals surface area contributed by atoms with E-state index in [1.807, 2.05) is 0 Å². The fraction of sp³-hybridized carbons (Fsp3) is 0.150. The van der Waals surface area contributed by atoms with Gasteiger partial charge in [0, 0.05) is 12.4 Å². The van der Waals surface area contributed by atoms with Crippen molar-refractivity contribution in [3.63, 3.8) is 0 Å². The van der Waals surface area contributed by atoms with Gasteiger partial charge in [0.15, 0.2) is 0 Å². The van der Waals surface area contributed by atoms with Crippen molar-refractivity contribution in [2.24, 2.45) is 0 Å². The number of hydrogen-bond donors (Lipinski definition) is 1. The molecule has 0 fully saturated rings. The molecule has 0 aliphatic rings. The summed E-state index contributed by atoms with van der Waals surface area (Å²) in [5, 5.41) is 2.49. The molecule has 1 aromatic carbocycles. The topological polar surface area (TPSA) is 54.9 Å². The van der Waals surface area contributed by atoms with Crippen LogP contribution in [0.3, 0.4) is 0 Å². The number of aromatic nitrogens is 2. The molecule has 0 unspecified atom stereocenters. The first kappa shape index (κ1) is 22.5. The Bertz CT molecular complexity index is 1070. The SMILES string of the molecule is O=C(N[C@@H](c1ccc(C(F)(F)F)cc1)c1ncccc1C(F)(F)F)c1ccc(Cl)nc1. The Hall–Kier alpha value is -3.14. The summed E-state index contributed by atoms with van der Waals surface area (Å²) in [7, 11) is 0. The monoisotopic (exact) mass is 459 g/mol. The van der Waals surface area contributed by atoms with Gasteiger partial charge in [0.25, 0.3) is 5.91 Å². The third kappa shape index (κ3) is 5.32. The number of halogens is 7. The van der Waals surface area contributed by atoms with Crippen LogP contribution in [0.1, 0.15) is 38.8 Å². The molecule has 2 aromatic heterocycles. The van der Waals surface area contributed by atoms with Crippen molar-refractivity contribution in [3.8, 4) is 0 Å². The van der Waals surface area contributed by atoms with Crippen LogP contribution in [0.25, 0.3) is 0 Å². The highest BCUT2D eigenvalue weighted by molar-refractivity contribution is 6.29. The molecule has 31 heavy (non-hydrogen) atoms. The molecule has 1 N–H and O–H groups in total. The minimum Gasteiger partial charge on any atom is -0.339 e. The molecule has 11 heteroatoms. The Morgan fingerprint density at radius 2 is 1.58 bits per heavy atom. The van der Waals surface area contributed by atoms with E-state index >= 15 is 0 Å². The molecule has 1 atom stereocenters. The van der Waals surface area contributed by atoms with E-state index in [1.54, 1.807) is 0 Å². The number of benzene rings is 1. The fourth-order valence-corrected chi connectivity index (χ4v) is 2.90. The van der Waals surface area contributed by atoms with Crippen molar-refractivity contribution in [1.29, 1.82) is 0 Å². The summed E-state index contributed by atoms with van der Waals surface area (Å²) in [6, 6.07) is 6.39. The Balaban J connectivity index is 2.07. The number of nitrogens with one attached hydrogen (secondary N) is 1. The molecule has 0 saturated heterocycles. The second-order valence-electron chi connectivity index (χ2n) is 6.33. The highest BCUT2D eigenvalue weighted by Crippen LogP contribution is 2.36. The minimum absolute atomic E-state index is 0.00852. The summed E-state index contributed by atoms with van der Waals surface area (Å²) < 4.78 is 79.2. The van der Waals surface area contributed by atoms with Crippen LogP contribution in [0.5, 0.6) is 0 Å². The molecule has 0 radical (unpaired) electrons. The number of hydrogen-bond acceptors (Lipinski definition) is 3. The number of amides is 1. The lowest BCUT2D eigenvalue weighted by Crippen LogP contribution is -2.31. The van der Waals surface area contributed by atoms with Gasteiger partial charge >= 0.3 is 12.4 Å². The molecule has 0 aliphatic carbocycles. The average Bonchev–Trinajstić information content (AvgIpc) is 2.71. The number of alkyl halides is 6. The molecular formula is C20H12ClF6N3O. The number of carbonyl (C=O) groups excluding carboxylic acids is 1. The van der Waals surface area contributed by atoms with Crippen LogP contribution >= 0.6 is 11.6 Å². The van der Waals surface area contributed by atoms with Crippen molar-refractivity contribution >= 4 is 17.5 Å². The van der Waals surface area contributed by atoms with E-state index in [-0.39, 0.29) is 16.3 Å². The van der Waals surface area contributed by atoms with Crippen molar-refractivity contribution in [1.82, 2.24) is 15.3 Å². The van der Waals surface area contributed by atoms with Crippen LogP contribution in [0.2, 0.25) is 5.15 Å². The largest absolute Gasteiger partial charge is 0.418 e. The summed E-state index contributed by atoms with van der Waals surface area (Å²) >= 11 is 5.67. The molecule has 0 aliphatic heterocycles. The normalized spacial score (nSPS) is 13.0. The van der Waals surface area contributed by atoms with E-state index in [9.17, 15) is 31.1 Å². The predicted octanol–water partition coefficient (Wildman–Crippen LogP) is 5.69. The smallest absolute Gasteiger partial charge is 0.339 e. The number of pyridine rings is 2. The first-order valence-corrected chi connectivity index (χ1v) is 8.96. The van der Waals surface area contributed by atoms with Gasteiger partial charge < -0.3 is 5.32 Å². The van der Waals surface area contributed by atoms with Crippen molar-refractivity contribution in [2.75, 3.05) is 0 Å². The van der Waals surface area contributed by atoms with Gasteiger partial charge in [-0.1, -0.05) is 23.7 Å². The van der Waals surface area contributed by atoms with Crippen LogP contribution in [0, 0.1) is 0 Å². The fourth-order valence-electron chi connectivity index (χ4n) is 2.79. The molecule has 1 amide bonds. The Morgan fingerprint density at radius 3 is 2.13 bits per heavy atom. The van der Waals surface area contributed by atoms with Crippen LogP contribution in [-0.4, -0.2) is 15.9 Å². The molecular weight excluding hydrogens is 448 g/mol. The number of rotatable bonds is 4. The van der Waals surface area contributed by atoms with Gasteiger partial charge in [0.05, 0.1) is 28.4 Å². The van der Waals surface area contributed by atoms with Gasteiger partial charge in [-0.05, 0) is 42.0 Å². The summed E-state index contributed by atoms with van der Waals surface area (Å²) in [6.45, 7) is 0. The van der Waals surface area contributed by atoms with Crippen LogP contribution in [-0.2, 0) is 12.4 Å². The average molecular weight is 460 g/mol. The molecule has 3 rings (SSSR count). The van der Waals surface area contributed by atoms with Crippen molar-refractivity contribution in [3.05, 3.63) is 94.0 Å². The first-order valence-electron chi connectivity index (χ1n) is 8.58. The van der Waals surface area contributed by atoms with E-state index in [2.05, 4.69) is 15.3 Å². The maximum Gasteiger partial charge on any atom is 0.418 e. The van der Waals surface area contributed by atoms with Crippen molar-refractivity contribution in [2.45, 2.75) is 18.4 Å². The zero-order chi connectivity index (χ0) is 22.8. The van der Waals surface area contributed by atoms with Gasteiger partial charge in [0.2, 0.25) is 0 Å². The number of carbonyl (C=O) groups is 1. The van der Waals surface area contributed by atoms with E-state index in [4.69, 9.17) is 11.6 Å². The maximum atomic E-state index is 13.5. The standard InChI is InChI=1S/C20H12ClF6N3O/c21-15-8-5-12(10-29-15)18(31)30-16(11-3-6-13(7-4-11)19(22,23)24)17-14(20(25,26)27)2-1-9-28-17/h1-10,16H,(H,30,31)/t16-/m0/s1. The minimum atomic E-state index is -4.81.